The fourth-order valence-corrected chi connectivity index (χ4v) is 1.49. The smallest absolute Gasteiger partial charge is 0.129 e. The number of aryl methyl sites for hydroxylation is 1. The third-order valence-electron chi connectivity index (χ3n) is 2.47. The van der Waals surface area contributed by atoms with Crippen molar-refractivity contribution in [1.82, 2.24) is 4.98 Å². The highest BCUT2D eigenvalue weighted by molar-refractivity contribution is 6.29. The molecule has 1 aromatic rings. The number of hydrogen-bond acceptors (Lipinski definition) is 2. The van der Waals surface area contributed by atoms with Gasteiger partial charge in [-0.1, -0.05) is 25.4 Å². The molecule has 1 aromatic heterocycles. The highest BCUT2D eigenvalue weighted by Gasteiger charge is 2.11. The van der Waals surface area contributed by atoms with E-state index in [1.807, 2.05) is 6.92 Å². The van der Waals surface area contributed by atoms with Crippen LogP contribution >= 0.6 is 11.6 Å². The highest BCUT2D eigenvalue weighted by Crippen LogP contribution is 2.17. The summed E-state index contributed by atoms with van der Waals surface area (Å²) in [6.45, 7) is 6.09. The van der Waals surface area contributed by atoms with E-state index in [1.54, 1.807) is 12.3 Å². The zero-order valence-corrected chi connectivity index (χ0v) is 9.52. The summed E-state index contributed by atoms with van der Waals surface area (Å²) < 4.78 is 0. The maximum Gasteiger partial charge on any atom is 0.129 e. The second-order valence-electron chi connectivity index (χ2n) is 3.54. The van der Waals surface area contributed by atoms with Crippen molar-refractivity contribution in [2.75, 3.05) is 0 Å². The van der Waals surface area contributed by atoms with Crippen LogP contribution in [0.4, 0.5) is 0 Å². The normalized spacial score (nSPS) is 12.6. The Labute approximate surface area is 89.8 Å². The van der Waals surface area contributed by atoms with Crippen molar-refractivity contribution in [2.45, 2.75) is 27.2 Å². The molecule has 0 saturated heterocycles. The molecule has 0 saturated carbocycles. The Morgan fingerprint density at radius 2 is 2.29 bits per heavy atom. The molecular formula is C11H15ClN2. The van der Waals surface area contributed by atoms with Crippen LogP contribution in [0.2, 0.25) is 5.15 Å². The molecule has 76 valence electrons. The number of halogens is 1. The maximum absolute atomic E-state index is 7.96. The first kappa shape index (κ1) is 11.2. The molecule has 0 amide bonds. The van der Waals surface area contributed by atoms with Gasteiger partial charge in [0.25, 0.3) is 0 Å². The lowest BCUT2D eigenvalue weighted by molar-refractivity contribution is 0.735. The average Bonchev–Trinajstić information content (AvgIpc) is 2.15. The van der Waals surface area contributed by atoms with Crippen LogP contribution in [-0.2, 0) is 0 Å². The monoisotopic (exact) mass is 210 g/mol. The maximum atomic E-state index is 7.96. The molecule has 1 atom stereocenters. The molecule has 3 heteroatoms. The van der Waals surface area contributed by atoms with Crippen molar-refractivity contribution >= 4 is 17.3 Å². The first-order valence-electron chi connectivity index (χ1n) is 4.77. The van der Waals surface area contributed by atoms with Gasteiger partial charge < -0.3 is 5.41 Å². The Morgan fingerprint density at radius 1 is 1.64 bits per heavy atom. The number of rotatable bonds is 3. The van der Waals surface area contributed by atoms with Crippen LogP contribution in [0.15, 0.2) is 12.3 Å². The van der Waals surface area contributed by atoms with Crippen molar-refractivity contribution in [3.8, 4) is 0 Å². The molecule has 14 heavy (non-hydrogen) atoms. The molecular weight excluding hydrogens is 196 g/mol. The van der Waals surface area contributed by atoms with Gasteiger partial charge in [0.05, 0.1) is 0 Å². The Hall–Kier alpha value is -0.890. The van der Waals surface area contributed by atoms with Gasteiger partial charge in [0.15, 0.2) is 0 Å². The molecule has 0 radical (unpaired) electrons. The summed E-state index contributed by atoms with van der Waals surface area (Å²) in [6, 6.07) is 1.80. The van der Waals surface area contributed by atoms with Gasteiger partial charge in [-0.15, -0.1) is 0 Å². The zero-order valence-electron chi connectivity index (χ0n) is 8.76. The fourth-order valence-electron chi connectivity index (χ4n) is 1.27. The van der Waals surface area contributed by atoms with Gasteiger partial charge in [-0.3, -0.25) is 0 Å². The van der Waals surface area contributed by atoms with Crippen LogP contribution in [0.5, 0.6) is 0 Å². The van der Waals surface area contributed by atoms with Crippen molar-refractivity contribution in [2.24, 2.45) is 5.92 Å². The van der Waals surface area contributed by atoms with Gasteiger partial charge in [-0.05, 0) is 30.9 Å². The molecule has 0 spiro atoms. The Morgan fingerprint density at radius 3 is 2.79 bits per heavy atom. The van der Waals surface area contributed by atoms with Crippen molar-refractivity contribution in [3.05, 3.63) is 28.5 Å². The van der Waals surface area contributed by atoms with E-state index in [-0.39, 0.29) is 5.92 Å². The second-order valence-corrected chi connectivity index (χ2v) is 3.93. The Balaban J connectivity index is 3.02. The van der Waals surface area contributed by atoms with Crippen LogP contribution in [0.3, 0.4) is 0 Å². The minimum atomic E-state index is 0.275. The van der Waals surface area contributed by atoms with Crippen LogP contribution in [0.1, 0.15) is 31.4 Å². The third kappa shape index (κ3) is 2.32. The van der Waals surface area contributed by atoms with Gasteiger partial charge in [0, 0.05) is 17.5 Å². The lowest BCUT2D eigenvalue weighted by Crippen LogP contribution is -2.12. The second kappa shape index (κ2) is 4.56. The van der Waals surface area contributed by atoms with Crippen LogP contribution in [0.25, 0.3) is 0 Å². The predicted octanol–water partition coefficient (Wildman–Crippen LogP) is 3.46. The molecule has 1 heterocycles. The van der Waals surface area contributed by atoms with E-state index in [0.717, 1.165) is 17.5 Å². The van der Waals surface area contributed by atoms with Crippen molar-refractivity contribution < 1.29 is 0 Å². The Kier molecular flexibility index (Phi) is 3.64. The highest BCUT2D eigenvalue weighted by atomic mass is 35.5. The molecule has 1 N–H and O–H groups in total. The van der Waals surface area contributed by atoms with E-state index in [9.17, 15) is 0 Å². The lowest BCUT2D eigenvalue weighted by atomic mass is 9.95. The molecule has 0 bridgehead atoms. The summed E-state index contributed by atoms with van der Waals surface area (Å²) >= 11 is 5.75. The average molecular weight is 211 g/mol. The van der Waals surface area contributed by atoms with E-state index in [0.29, 0.717) is 10.9 Å². The van der Waals surface area contributed by atoms with Gasteiger partial charge in [-0.25, -0.2) is 4.98 Å². The predicted molar refractivity (Wildman–Crippen MR) is 60.3 cm³/mol. The van der Waals surface area contributed by atoms with E-state index in [4.69, 9.17) is 17.0 Å². The van der Waals surface area contributed by atoms with Gasteiger partial charge in [0.1, 0.15) is 5.15 Å². The summed E-state index contributed by atoms with van der Waals surface area (Å²) in [4.78, 5) is 4.00. The van der Waals surface area contributed by atoms with Crippen molar-refractivity contribution in [1.29, 1.82) is 5.41 Å². The standard InChI is InChI=1S/C11H15ClN2/c1-4-7(2)11(13)9-6-14-10(12)5-8(9)3/h5-7,13H,4H2,1-3H3. The molecule has 0 aliphatic carbocycles. The summed E-state index contributed by atoms with van der Waals surface area (Å²) in [5, 5.41) is 8.45. The van der Waals surface area contributed by atoms with E-state index in [1.165, 1.54) is 0 Å². The molecule has 1 unspecified atom stereocenters. The third-order valence-corrected chi connectivity index (χ3v) is 2.68. The summed E-state index contributed by atoms with van der Waals surface area (Å²) in [5.41, 5.74) is 2.58. The zero-order chi connectivity index (χ0) is 10.7. The molecule has 2 nitrogen and oxygen atoms in total. The first-order valence-corrected chi connectivity index (χ1v) is 5.15. The van der Waals surface area contributed by atoms with E-state index < -0.39 is 0 Å². The summed E-state index contributed by atoms with van der Waals surface area (Å²) in [5.74, 6) is 0.275. The fraction of sp³-hybridized carbons (Fsp3) is 0.455. The minimum Gasteiger partial charge on any atom is -0.304 e. The first-order chi connectivity index (χ1) is 6.56. The van der Waals surface area contributed by atoms with E-state index in [2.05, 4.69) is 18.8 Å². The van der Waals surface area contributed by atoms with Crippen LogP contribution < -0.4 is 0 Å². The van der Waals surface area contributed by atoms with Crippen LogP contribution in [0, 0.1) is 18.3 Å². The van der Waals surface area contributed by atoms with E-state index >= 15 is 0 Å². The molecule has 0 aliphatic rings. The SMILES string of the molecule is CCC(C)C(=N)c1cnc(Cl)cc1C. The van der Waals surface area contributed by atoms with Crippen LogP contribution in [-0.4, -0.2) is 10.7 Å². The van der Waals surface area contributed by atoms with Crippen molar-refractivity contribution in [3.63, 3.8) is 0 Å². The molecule has 0 aliphatic heterocycles. The summed E-state index contributed by atoms with van der Waals surface area (Å²) in [7, 11) is 0. The largest absolute Gasteiger partial charge is 0.304 e. The quantitative estimate of drug-likeness (QED) is 0.602. The molecule has 0 aromatic carbocycles. The van der Waals surface area contributed by atoms with Gasteiger partial charge in [-0.2, -0.15) is 0 Å². The van der Waals surface area contributed by atoms with Gasteiger partial charge >= 0.3 is 0 Å². The number of aromatic nitrogens is 1. The number of pyridine rings is 1. The topological polar surface area (TPSA) is 36.7 Å². The van der Waals surface area contributed by atoms with Gasteiger partial charge in [0.2, 0.25) is 0 Å². The number of nitrogens with zero attached hydrogens (tertiary/aromatic N) is 1. The Bertz CT molecular complexity index is 347. The minimum absolute atomic E-state index is 0.275. The number of nitrogens with one attached hydrogen (secondary N) is 1. The molecule has 1 rings (SSSR count). The number of hydrogen-bond donors (Lipinski definition) is 1. The molecule has 0 fully saturated rings. The lowest BCUT2D eigenvalue weighted by Gasteiger charge is -2.12. The summed E-state index contributed by atoms with van der Waals surface area (Å²) in [6.07, 6.45) is 2.66.